The third kappa shape index (κ3) is 8.45. The second-order valence-corrected chi connectivity index (χ2v) is 6.59. The molecule has 0 saturated carbocycles. The molecule has 0 unspecified atom stereocenters. The van der Waals surface area contributed by atoms with E-state index in [0.29, 0.717) is 13.2 Å². The number of benzene rings is 1. The van der Waals surface area contributed by atoms with E-state index in [4.69, 9.17) is 9.47 Å². The Labute approximate surface area is 157 Å². The predicted octanol–water partition coefficient (Wildman–Crippen LogP) is 5.57. The molecule has 0 bridgehead atoms. The maximum atomic E-state index is 12.0. The fourth-order valence-corrected chi connectivity index (χ4v) is 2.85. The summed E-state index contributed by atoms with van der Waals surface area (Å²) in [5, 5.41) is 19.6. The molecule has 1 aromatic rings. The molecule has 1 aromatic carbocycles. The van der Waals surface area contributed by atoms with Crippen LogP contribution in [0.4, 0.5) is 0 Å². The van der Waals surface area contributed by atoms with E-state index in [9.17, 15) is 15.0 Å². The first kappa shape index (κ1) is 22.1. The second-order valence-electron chi connectivity index (χ2n) is 6.59. The lowest BCUT2D eigenvalue weighted by atomic mass is 10.1. The van der Waals surface area contributed by atoms with Crippen molar-refractivity contribution in [3.63, 3.8) is 0 Å². The van der Waals surface area contributed by atoms with Gasteiger partial charge in [-0.05, 0) is 25.5 Å². The lowest BCUT2D eigenvalue weighted by Crippen LogP contribution is -2.07. The zero-order chi connectivity index (χ0) is 19.2. The van der Waals surface area contributed by atoms with E-state index >= 15 is 0 Å². The molecule has 0 atom stereocenters. The van der Waals surface area contributed by atoms with E-state index in [0.717, 1.165) is 19.3 Å². The summed E-state index contributed by atoms with van der Waals surface area (Å²) in [6, 6.07) is 2.51. The van der Waals surface area contributed by atoms with Gasteiger partial charge in [0.2, 0.25) is 5.75 Å². The van der Waals surface area contributed by atoms with Crippen LogP contribution < -0.4 is 4.74 Å². The molecule has 5 heteroatoms. The topological polar surface area (TPSA) is 76.0 Å². The number of phenols is 2. The van der Waals surface area contributed by atoms with Crippen molar-refractivity contribution in [1.82, 2.24) is 0 Å². The molecule has 0 saturated heterocycles. The van der Waals surface area contributed by atoms with Gasteiger partial charge in [0.05, 0.1) is 18.8 Å². The molecule has 0 aliphatic carbocycles. The van der Waals surface area contributed by atoms with Gasteiger partial charge in [-0.3, -0.25) is 0 Å². The molecular formula is C21H34O5. The maximum absolute atomic E-state index is 12.0. The molecule has 0 radical (unpaired) electrons. The van der Waals surface area contributed by atoms with Crippen molar-refractivity contribution in [2.75, 3.05) is 13.2 Å². The fourth-order valence-electron chi connectivity index (χ4n) is 2.85. The van der Waals surface area contributed by atoms with Crippen LogP contribution in [0.3, 0.4) is 0 Å². The highest BCUT2D eigenvalue weighted by molar-refractivity contribution is 5.91. The normalized spacial score (nSPS) is 10.7. The Hall–Kier alpha value is -1.91. The molecule has 148 valence electrons. The molecule has 1 rings (SSSR count). The van der Waals surface area contributed by atoms with E-state index in [1.807, 2.05) is 0 Å². The number of esters is 1. The van der Waals surface area contributed by atoms with Crippen LogP contribution in [0.2, 0.25) is 0 Å². The molecule has 0 heterocycles. The van der Waals surface area contributed by atoms with Gasteiger partial charge >= 0.3 is 5.97 Å². The van der Waals surface area contributed by atoms with E-state index < -0.39 is 5.97 Å². The minimum atomic E-state index is -0.547. The summed E-state index contributed by atoms with van der Waals surface area (Å²) in [4.78, 5) is 12.0. The number of carbonyl (C=O) groups is 1. The number of hydrogen-bond donors (Lipinski definition) is 2. The van der Waals surface area contributed by atoms with Crippen LogP contribution >= 0.6 is 0 Å². The zero-order valence-corrected chi connectivity index (χ0v) is 16.3. The van der Waals surface area contributed by atoms with E-state index in [2.05, 4.69) is 6.92 Å². The van der Waals surface area contributed by atoms with Crippen LogP contribution in [0, 0.1) is 0 Å². The van der Waals surface area contributed by atoms with Crippen molar-refractivity contribution in [3.8, 4) is 17.2 Å². The summed E-state index contributed by atoms with van der Waals surface area (Å²) >= 11 is 0. The smallest absolute Gasteiger partial charge is 0.338 e. The second kappa shape index (κ2) is 13.3. The van der Waals surface area contributed by atoms with E-state index in [-0.39, 0.29) is 22.8 Å². The Morgan fingerprint density at radius 2 is 1.35 bits per heavy atom. The minimum absolute atomic E-state index is 0.0151. The average Bonchev–Trinajstić information content (AvgIpc) is 2.62. The van der Waals surface area contributed by atoms with Gasteiger partial charge in [-0.15, -0.1) is 0 Å². The van der Waals surface area contributed by atoms with Gasteiger partial charge in [0, 0.05) is 0 Å². The third-order valence-electron chi connectivity index (χ3n) is 4.31. The molecule has 0 aliphatic rings. The molecule has 0 spiro atoms. The van der Waals surface area contributed by atoms with E-state index in [1.54, 1.807) is 6.92 Å². The van der Waals surface area contributed by atoms with Gasteiger partial charge in [0.15, 0.2) is 11.5 Å². The molecule has 2 N–H and O–H groups in total. The Morgan fingerprint density at radius 1 is 0.846 bits per heavy atom. The van der Waals surface area contributed by atoms with Crippen LogP contribution in [-0.2, 0) is 4.74 Å². The first-order valence-electron chi connectivity index (χ1n) is 9.96. The maximum Gasteiger partial charge on any atom is 0.338 e. The van der Waals surface area contributed by atoms with Gasteiger partial charge in [-0.2, -0.15) is 0 Å². The molecular weight excluding hydrogens is 332 g/mol. The number of rotatable bonds is 14. The number of phenolic OH excluding ortho intramolecular Hbond substituents is 2. The quantitative estimate of drug-likeness (QED) is 0.332. The van der Waals surface area contributed by atoms with E-state index in [1.165, 1.54) is 57.1 Å². The number of carbonyl (C=O) groups excluding carboxylic acids is 1. The van der Waals surface area contributed by atoms with Crippen LogP contribution in [0.25, 0.3) is 0 Å². The Kier molecular flexibility index (Phi) is 11.3. The van der Waals surface area contributed by atoms with Gasteiger partial charge in [-0.1, -0.05) is 64.7 Å². The van der Waals surface area contributed by atoms with Crippen molar-refractivity contribution >= 4 is 5.97 Å². The van der Waals surface area contributed by atoms with Crippen LogP contribution in [0.5, 0.6) is 17.2 Å². The SMILES string of the molecule is CCCCCCCCCCCCOC(=O)c1cc(O)c(OCC)c(O)c1. The van der Waals surface area contributed by atoms with Gasteiger partial charge in [0.1, 0.15) is 0 Å². The summed E-state index contributed by atoms with van der Waals surface area (Å²) in [7, 11) is 0. The van der Waals surface area contributed by atoms with Crippen LogP contribution in [0.15, 0.2) is 12.1 Å². The third-order valence-corrected chi connectivity index (χ3v) is 4.31. The predicted molar refractivity (Wildman–Crippen MR) is 103 cm³/mol. The summed E-state index contributed by atoms with van der Waals surface area (Å²) in [5.74, 6) is -1.09. The lowest BCUT2D eigenvalue weighted by molar-refractivity contribution is 0.0496. The van der Waals surface area contributed by atoms with Crippen LogP contribution in [0.1, 0.15) is 88.4 Å². The zero-order valence-electron chi connectivity index (χ0n) is 16.3. The lowest BCUT2D eigenvalue weighted by Gasteiger charge is -2.10. The number of ether oxygens (including phenoxy) is 2. The van der Waals surface area contributed by atoms with Crippen molar-refractivity contribution in [2.24, 2.45) is 0 Å². The molecule has 5 nitrogen and oxygen atoms in total. The summed E-state index contributed by atoms with van der Waals surface area (Å²) < 4.78 is 10.3. The molecule has 0 aromatic heterocycles. The number of aromatic hydroxyl groups is 2. The average molecular weight is 366 g/mol. The summed E-state index contributed by atoms with van der Waals surface area (Å²) in [6.45, 7) is 4.63. The summed E-state index contributed by atoms with van der Waals surface area (Å²) in [6.07, 6.45) is 12.2. The fraction of sp³-hybridized carbons (Fsp3) is 0.667. The Morgan fingerprint density at radius 3 is 1.85 bits per heavy atom. The Balaban J connectivity index is 2.17. The number of hydrogen-bond acceptors (Lipinski definition) is 5. The Bertz CT molecular complexity index is 504. The highest BCUT2D eigenvalue weighted by Gasteiger charge is 2.16. The van der Waals surface area contributed by atoms with Crippen molar-refractivity contribution in [3.05, 3.63) is 17.7 Å². The van der Waals surface area contributed by atoms with Crippen LogP contribution in [-0.4, -0.2) is 29.4 Å². The van der Waals surface area contributed by atoms with Crippen molar-refractivity contribution < 1.29 is 24.5 Å². The van der Waals surface area contributed by atoms with Gasteiger partial charge < -0.3 is 19.7 Å². The highest BCUT2D eigenvalue weighted by Crippen LogP contribution is 2.37. The van der Waals surface area contributed by atoms with Crippen molar-refractivity contribution in [2.45, 2.75) is 78.1 Å². The first-order valence-corrected chi connectivity index (χ1v) is 9.96. The molecule has 0 aliphatic heterocycles. The van der Waals surface area contributed by atoms with Gasteiger partial charge in [-0.25, -0.2) is 4.79 Å². The largest absolute Gasteiger partial charge is 0.504 e. The summed E-state index contributed by atoms with van der Waals surface area (Å²) in [5.41, 5.74) is 0.121. The highest BCUT2D eigenvalue weighted by atomic mass is 16.5. The number of unbranched alkanes of at least 4 members (excludes halogenated alkanes) is 9. The molecule has 26 heavy (non-hydrogen) atoms. The minimum Gasteiger partial charge on any atom is -0.504 e. The standard InChI is InChI=1S/C21H34O5/c1-3-5-6-7-8-9-10-11-12-13-14-26-21(24)17-15-18(22)20(25-4-2)19(23)16-17/h15-16,22-23H,3-14H2,1-2H3. The molecule has 0 amide bonds. The monoisotopic (exact) mass is 366 g/mol. The van der Waals surface area contributed by atoms with Gasteiger partial charge in [0.25, 0.3) is 0 Å². The first-order chi connectivity index (χ1) is 12.6. The molecule has 0 fully saturated rings. The van der Waals surface area contributed by atoms with Crippen molar-refractivity contribution in [1.29, 1.82) is 0 Å².